The predicted molar refractivity (Wildman–Crippen MR) is 253 cm³/mol. The minimum absolute atomic E-state index is 0.0281. The number of carbonyl (C=O) groups is 6. The van der Waals surface area contributed by atoms with E-state index in [0.717, 1.165) is 46.1 Å². The lowest BCUT2D eigenvalue weighted by atomic mass is 10.1. The van der Waals surface area contributed by atoms with Crippen LogP contribution >= 0.6 is 0 Å². The molecular formula is C46H71N7O13. The fourth-order valence-corrected chi connectivity index (χ4v) is 4.94. The van der Waals surface area contributed by atoms with E-state index in [1.54, 1.807) is 26.0 Å². The van der Waals surface area contributed by atoms with Crippen LogP contribution in [0.3, 0.4) is 0 Å². The molecule has 20 nitrogen and oxygen atoms in total. The summed E-state index contributed by atoms with van der Waals surface area (Å²) in [5.41, 5.74) is 7.72. The summed E-state index contributed by atoms with van der Waals surface area (Å²) in [6.07, 6.45) is 0.802. The Bertz CT molecular complexity index is 1900. The van der Waals surface area contributed by atoms with Crippen LogP contribution in [0.1, 0.15) is 90.1 Å². The average molecular weight is 930 g/mol. The van der Waals surface area contributed by atoms with Gasteiger partial charge < -0.3 is 70.5 Å². The van der Waals surface area contributed by atoms with E-state index >= 15 is 0 Å². The molecule has 9 N–H and O–H groups in total. The molecular weight excluding hydrogens is 859 g/mol. The van der Waals surface area contributed by atoms with Crippen LogP contribution in [-0.4, -0.2) is 127 Å². The minimum Gasteiger partial charge on any atom is -0.481 e. The lowest BCUT2D eigenvalue weighted by Crippen LogP contribution is -2.41. The number of amides is 1. The molecule has 20 heteroatoms. The number of hydrogen-bond donors (Lipinski definition) is 8. The first-order valence-electron chi connectivity index (χ1n) is 21.5. The van der Waals surface area contributed by atoms with Gasteiger partial charge in [-0.1, -0.05) is 56.7 Å². The number of H-pyrrole nitrogens is 1. The number of aromatic nitrogens is 2. The second-order valence-electron chi connectivity index (χ2n) is 15.2. The number of nitrogens with one attached hydrogen (secondary N) is 5. The number of ether oxygens (including phenoxy) is 4. The Hall–Kier alpha value is -6.22. The molecule has 368 valence electrons. The second-order valence-corrected chi connectivity index (χ2v) is 15.2. The van der Waals surface area contributed by atoms with E-state index in [9.17, 15) is 33.6 Å². The number of aliphatic carboxylic acids is 2. The first kappa shape index (κ1) is 59.8. The van der Waals surface area contributed by atoms with Crippen LogP contribution in [0.2, 0.25) is 0 Å². The Balaban J connectivity index is 0.000000986. The highest BCUT2D eigenvalue weighted by Crippen LogP contribution is 2.20. The first-order valence-corrected chi connectivity index (χ1v) is 21.5. The number of carbonyl (C=O) groups excluding carboxylic acids is 4. The Morgan fingerprint density at radius 3 is 1.74 bits per heavy atom. The number of hydrogen-bond acceptors (Lipinski definition) is 16. The fourth-order valence-electron chi connectivity index (χ4n) is 4.94. The average Bonchev–Trinajstić information content (AvgIpc) is 3.86. The minimum atomic E-state index is -1.30. The summed E-state index contributed by atoms with van der Waals surface area (Å²) in [7, 11) is 0. The van der Waals surface area contributed by atoms with Crippen LogP contribution in [0.5, 0.6) is 0 Å². The van der Waals surface area contributed by atoms with E-state index in [1.165, 1.54) is 31.5 Å². The van der Waals surface area contributed by atoms with Crippen LogP contribution in [0.25, 0.3) is 0 Å². The second kappa shape index (κ2) is 36.1. The third-order valence-corrected chi connectivity index (χ3v) is 8.17. The molecule has 1 aromatic heterocycles. The molecule has 3 aromatic rings. The van der Waals surface area contributed by atoms with Crippen molar-refractivity contribution in [2.45, 2.75) is 93.2 Å². The molecule has 0 unspecified atom stereocenters. The predicted octanol–water partition coefficient (Wildman–Crippen LogP) is 4.94. The Morgan fingerprint density at radius 1 is 0.833 bits per heavy atom. The van der Waals surface area contributed by atoms with Gasteiger partial charge >= 0.3 is 11.9 Å². The number of carboxylic acids is 2. The lowest BCUT2D eigenvalue weighted by molar-refractivity contribution is -0.140. The van der Waals surface area contributed by atoms with Crippen molar-refractivity contribution in [3.05, 3.63) is 76.1 Å². The normalized spacial score (nSPS) is 14.4. The molecule has 2 atom stereocenters. The van der Waals surface area contributed by atoms with E-state index in [2.05, 4.69) is 50.3 Å². The number of fused-ring (bicyclic) bond motifs is 1. The maximum absolute atomic E-state index is 12.3. The van der Waals surface area contributed by atoms with Gasteiger partial charge in [-0.25, -0.2) is 4.79 Å². The summed E-state index contributed by atoms with van der Waals surface area (Å²) in [5, 5.41) is 29.5. The van der Waals surface area contributed by atoms with Crippen molar-refractivity contribution in [3.63, 3.8) is 0 Å². The molecule has 2 fully saturated rings. The van der Waals surface area contributed by atoms with Crippen LogP contribution in [0.4, 0.5) is 23.1 Å². The topological polar surface area (TPSA) is 300 Å². The third-order valence-electron chi connectivity index (χ3n) is 8.17. The number of ketones is 3. The van der Waals surface area contributed by atoms with Gasteiger partial charge in [-0.15, -0.1) is 0 Å². The standard InChI is InChI=1S/C19H23N7O6.C7H8.C6H12O.C4H8O2.C4H8O.C3H6O2.C3H6O/c20-19-25-15-14(17(30)26-19)23-11(8-22-15)7-21-10-3-1-9(2-4-10)16(29)24-12(18(31)32)5-6-13(27)28;1-7-5-3-2-4-6-7;1-5(2)4-6(3)7;1-2-6-4-3-5-1;1-3-4(2)5;1-2-5-3-4-1;1-3(2)4/h1-4,11-12,21,23H,5-8H2,(H,24,29)(H,27,28)(H,31,32)(H4,20,22,25,26,30);2-6H,1H3;5H,4H2,1-3H3;1-4H2;3H2,1-2H3;1-3H2;1-2H3/t11-,12+;;;;;;/m1....../s1. The summed E-state index contributed by atoms with van der Waals surface area (Å²) in [6, 6.07) is 15.2. The number of benzene rings is 2. The molecule has 2 aromatic carbocycles. The highest BCUT2D eigenvalue weighted by molar-refractivity contribution is 5.97. The van der Waals surface area contributed by atoms with Gasteiger partial charge in [0.2, 0.25) is 5.95 Å². The summed E-state index contributed by atoms with van der Waals surface area (Å²) < 4.78 is 19.3. The summed E-state index contributed by atoms with van der Waals surface area (Å²) in [5.74, 6) is -1.41. The van der Waals surface area contributed by atoms with Crippen molar-refractivity contribution < 1.29 is 57.9 Å². The molecule has 3 aliphatic heterocycles. The van der Waals surface area contributed by atoms with Gasteiger partial charge in [0.25, 0.3) is 11.5 Å². The van der Waals surface area contributed by atoms with Crippen molar-refractivity contribution in [3.8, 4) is 0 Å². The summed E-state index contributed by atoms with van der Waals surface area (Å²) in [6.45, 7) is 20.4. The molecule has 2 saturated heterocycles. The Labute approximate surface area is 387 Å². The molecule has 1 amide bonds. The quantitative estimate of drug-likeness (QED) is 0.119. The summed E-state index contributed by atoms with van der Waals surface area (Å²) >= 11 is 0. The summed E-state index contributed by atoms with van der Waals surface area (Å²) in [4.78, 5) is 82.1. The molecule has 0 radical (unpaired) electrons. The molecule has 0 aliphatic carbocycles. The third kappa shape index (κ3) is 32.4. The molecule has 4 heterocycles. The van der Waals surface area contributed by atoms with Gasteiger partial charge in [-0.2, -0.15) is 4.98 Å². The number of aromatic amines is 1. The van der Waals surface area contributed by atoms with E-state index in [4.69, 9.17) is 34.9 Å². The maximum atomic E-state index is 12.3. The van der Waals surface area contributed by atoms with Gasteiger partial charge in [0.15, 0.2) is 5.82 Å². The zero-order chi connectivity index (χ0) is 49.9. The largest absolute Gasteiger partial charge is 0.481 e. The van der Waals surface area contributed by atoms with Gasteiger partial charge in [-0.3, -0.25) is 19.4 Å². The van der Waals surface area contributed by atoms with E-state index in [0.29, 0.717) is 49.4 Å². The maximum Gasteiger partial charge on any atom is 0.326 e. The van der Waals surface area contributed by atoms with Crippen LogP contribution < -0.4 is 32.6 Å². The molecule has 0 saturated carbocycles. The van der Waals surface area contributed by atoms with Crippen LogP contribution in [0.15, 0.2) is 59.4 Å². The highest BCUT2D eigenvalue weighted by atomic mass is 16.7. The zero-order valence-corrected chi connectivity index (χ0v) is 39.5. The monoisotopic (exact) mass is 930 g/mol. The molecule has 3 aliphatic rings. The SMILES string of the molecule is C1COCCO1.C1COCO1.CC(=O)CC(C)C.CC(C)=O.CCC(C)=O.Cc1ccccc1.Nc1nc2c(c(=O)[nH]1)N[C@H](CNc1ccc(C(=O)N[C@@H](CCC(=O)O)C(=O)O)cc1)CN2. The van der Waals surface area contributed by atoms with Gasteiger partial charge in [0.05, 0.1) is 45.7 Å². The van der Waals surface area contributed by atoms with E-state index in [-0.39, 0.29) is 53.3 Å². The van der Waals surface area contributed by atoms with Crippen LogP contribution in [0, 0.1) is 12.8 Å². The fraction of sp³-hybridized carbons (Fsp3) is 0.522. The number of nitrogens with zero attached hydrogens (tertiary/aromatic N) is 1. The van der Waals surface area contributed by atoms with Crippen molar-refractivity contribution in [2.24, 2.45) is 5.92 Å². The Kier molecular flexibility index (Phi) is 32.7. The van der Waals surface area contributed by atoms with Crippen LogP contribution in [-0.2, 0) is 42.9 Å². The number of anilines is 4. The number of Topliss-reactive ketones (excluding diaryl/α,β-unsaturated/α-hetero) is 3. The number of nitrogen functional groups attached to an aromatic ring is 1. The van der Waals surface area contributed by atoms with Gasteiger partial charge in [-0.05, 0) is 71.2 Å². The number of aryl methyl sites for hydroxylation is 1. The highest BCUT2D eigenvalue weighted by Gasteiger charge is 2.23. The lowest BCUT2D eigenvalue weighted by Gasteiger charge is -2.27. The van der Waals surface area contributed by atoms with Gasteiger partial charge in [0.1, 0.15) is 35.9 Å². The molecule has 6 rings (SSSR count). The smallest absolute Gasteiger partial charge is 0.326 e. The number of nitrogens with two attached hydrogens (primary N) is 1. The first-order chi connectivity index (χ1) is 31.2. The number of carboxylic acid groups (broad SMARTS) is 2. The Morgan fingerprint density at radius 2 is 1.36 bits per heavy atom. The molecule has 0 bridgehead atoms. The van der Waals surface area contributed by atoms with Crippen molar-refractivity contribution in [2.75, 3.05) is 81.2 Å². The van der Waals surface area contributed by atoms with Crippen molar-refractivity contribution >= 4 is 58.3 Å². The molecule has 66 heavy (non-hydrogen) atoms. The zero-order valence-electron chi connectivity index (χ0n) is 39.5. The van der Waals surface area contributed by atoms with E-state index < -0.39 is 23.9 Å². The van der Waals surface area contributed by atoms with Crippen molar-refractivity contribution in [1.29, 1.82) is 0 Å². The number of rotatable bonds is 12. The molecule has 0 spiro atoms. The van der Waals surface area contributed by atoms with E-state index in [1.807, 2.05) is 39.0 Å². The van der Waals surface area contributed by atoms with Gasteiger partial charge in [0, 0.05) is 43.6 Å². The van der Waals surface area contributed by atoms with Crippen molar-refractivity contribution in [1.82, 2.24) is 15.3 Å².